The van der Waals surface area contributed by atoms with Crippen LogP contribution in [0.2, 0.25) is 0 Å². The maximum Gasteiger partial charge on any atom is 0.251 e. The molecule has 0 spiro atoms. The fraction of sp³-hybridized carbons (Fsp3) is 0.176. The van der Waals surface area contributed by atoms with Gasteiger partial charge in [-0.25, -0.2) is 0 Å². The number of hydrogen-bond donors (Lipinski definition) is 1. The van der Waals surface area contributed by atoms with Crippen molar-refractivity contribution in [2.45, 2.75) is 11.5 Å². The van der Waals surface area contributed by atoms with Gasteiger partial charge in [0.1, 0.15) is 0 Å². The Kier molecular flexibility index (Phi) is 5.22. The summed E-state index contributed by atoms with van der Waals surface area (Å²) in [5.74, 6) is 2.28. The predicted molar refractivity (Wildman–Crippen MR) is 94.0 cm³/mol. The summed E-state index contributed by atoms with van der Waals surface area (Å²) in [6.07, 6.45) is 0. The Morgan fingerprint density at radius 1 is 1.08 bits per heavy atom. The molecule has 1 amide bonds. The Morgan fingerprint density at radius 2 is 1.83 bits per heavy atom. The van der Waals surface area contributed by atoms with E-state index in [2.05, 4.69) is 20.8 Å². The van der Waals surface area contributed by atoms with Crippen molar-refractivity contribution in [3.05, 3.63) is 71.5 Å². The third kappa shape index (κ3) is 3.80. The summed E-state index contributed by atoms with van der Waals surface area (Å²) in [6, 6.07) is 17.4. The van der Waals surface area contributed by atoms with Crippen LogP contribution in [0.15, 0.2) is 54.6 Å². The molecule has 0 aliphatic carbocycles. The van der Waals surface area contributed by atoms with E-state index in [1.54, 1.807) is 23.5 Å². The molecule has 1 heterocycles. The smallest absolute Gasteiger partial charge is 0.251 e. The summed E-state index contributed by atoms with van der Waals surface area (Å²) in [7, 11) is 1.63. The summed E-state index contributed by atoms with van der Waals surface area (Å²) in [5, 5.41) is 14.5. The minimum absolute atomic E-state index is 0.0729. The van der Waals surface area contributed by atoms with Crippen molar-refractivity contribution in [3.63, 3.8) is 0 Å². The molecular formula is C17H17N5OS. The van der Waals surface area contributed by atoms with Gasteiger partial charge in [-0.3, -0.25) is 4.79 Å². The fourth-order valence-corrected chi connectivity index (χ4v) is 3.12. The zero-order valence-corrected chi connectivity index (χ0v) is 14.0. The van der Waals surface area contributed by atoms with Crippen LogP contribution in [0.3, 0.4) is 0 Å². The quantitative estimate of drug-likeness (QED) is 0.747. The van der Waals surface area contributed by atoms with E-state index in [9.17, 15) is 4.79 Å². The number of carbonyl (C=O) groups is 1. The molecule has 2 aromatic carbocycles. The third-order valence-corrected chi connectivity index (χ3v) is 4.48. The largest absolute Gasteiger partial charge is 0.355 e. The predicted octanol–water partition coefficient (Wildman–Crippen LogP) is 2.46. The first-order chi connectivity index (χ1) is 11.8. The lowest BCUT2D eigenvalue weighted by molar-refractivity contribution is 0.0963. The summed E-state index contributed by atoms with van der Waals surface area (Å²) < 4.78 is 1.75. The lowest BCUT2D eigenvalue weighted by Gasteiger charge is -2.05. The first kappa shape index (κ1) is 16.2. The van der Waals surface area contributed by atoms with E-state index in [0.717, 1.165) is 22.8 Å². The third-order valence-electron chi connectivity index (χ3n) is 3.48. The molecule has 0 aliphatic rings. The Bertz CT molecular complexity index is 801. The molecule has 0 fully saturated rings. The number of benzene rings is 2. The number of thioether (sulfide) groups is 1. The maximum atomic E-state index is 11.5. The first-order valence-corrected chi connectivity index (χ1v) is 8.65. The molecule has 0 atom stereocenters. The monoisotopic (exact) mass is 339 g/mol. The molecule has 24 heavy (non-hydrogen) atoms. The molecule has 3 aromatic rings. The van der Waals surface area contributed by atoms with Gasteiger partial charge in [0.2, 0.25) is 0 Å². The summed E-state index contributed by atoms with van der Waals surface area (Å²) in [5.41, 5.74) is 2.78. The highest BCUT2D eigenvalue weighted by atomic mass is 32.2. The zero-order chi connectivity index (χ0) is 16.8. The van der Waals surface area contributed by atoms with Crippen LogP contribution in [-0.2, 0) is 11.5 Å². The maximum absolute atomic E-state index is 11.5. The molecule has 3 rings (SSSR count). The van der Waals surface area contributed by atoms with Crippen LogP contribution in [0.5, 0.6) is 0 Å². The standard InChI is InChI=1S/C17H17N5OS/c1-18-17(23)14-9-7-13(8-10-14)11-24-12-16-19-20-21-22(16)15-5-3-2-4-6-15/h2-10H,11-12H2,1H3,(H,18,23). The van der Waals surface area contributed by atoms with E-state index in [0.29, 0.717) is 11.3 Å². The van der Waals surface area contributed by atoms with Gasteiger partial charge in [0.25, 0.3) is 5.91 Å². The molecule has 0 saturated carbocycles. The number of hydrogen-bond acceptors (Lipinski definition) is 5. The van der Waals surface area contributed by atoms with Crippen LogP contribution in [0.4, 0.5) is 0 Å². The second-order valence-electron chi connectivity index (χ2n) is 5.11. The van der Waals surface area contributed by atoms with Gasteiger partial charge in [-0.2, -0.15) is 4.68 Å². The van der Waals surface area contributed by atoms with Crippen molar-refractivity contribution in [3.8, 4) is 5.69 Å². The molecule has 0 aliphatic heterocycles. The number of rotatable bonds is 6. The molecule has 0 radical (unpaired) electrons. The van der Waals surface area contributed by atoms with Gasteiger partial charge in [-0.05, 0) is 40.3 Å². The normalized spacial score (nSPS) is 10.5. The molecule has 7 heteroatoms. The summed E-state index contributed by atoms with van der Waals surface area (Å²) in [4.78, 5) is 11.5. The van der Waals surface area contributed by atoms with E-state index in [1.807, 2.05) is 54.6 Å². The van der Waals surface area contributed by atoms with Gasteiger partial charge in [0, 0.05) is 18.4 Å². The SMILES string of the molecule is CNC(=O)c1ccc(CSCc2nnnn2-c2ccccc2)cc1. The van der Waals surface area contributed by atoms with Crippen molar-refractivity contribution in [2.24, 2.45) is 0 Å². The van der Waals surface area contributed by atoms with Crippen LogP contribution in [0, 0.1) is 0 Å². The number of nitrogens with one attached hydrogen (secondary N) is 1. The van der Waals surface area contributed by atoms with Crippen LogP contribution in [0.25, 0.3) is 5.69 Å². The minimum atomic E-state index is -0.0729. The van der Waals surface area contributed by atoms with Crippen molar-refractivity contribution < 1.29 is 4.79 Å². The van der Waals surface area contributed by atoms with Gasteiger partial charge in [0.05, 0.1) is 11.4 Å². The van der Waals surface area contributed by atoms with Crippen molar-refractivity contribution >= 4 is 17.7 Å². The second kappa shape index (κ2) is 7.74. The number of amides is 1. The molecule has 0 saturated heterocycles. The number of carbonyl (C=O) groups excluding carboxylic acids is 1. The average Bonchev–Trinajstić information content (AvgIpc) is 3.11. The zero-order valence-electron chi connectivity index (χ0n) is 13.2. The fourth-order valence-electron chi connectivity index (χ4n) is 2.22. The number of aromatic nitrogens is 4. The van der Waals surface area contributed by atoms with Gasteiger partial charge in [-0.15, -0.1) is 16.9 Å². The lowest BCUT2D eigenvalue weighted by Crippen LogP contribution is -2.17. The number of nitrogens with zero attached hydrogens (tertiary/aromatic N) is 4. The Labute approximate surface area is 144 Å². The van der Waals surface area contributed by atoms with Gasteiger partial charge in [0.15, 0.2) is 5.82 Å². The average molecular weight is 339 g/mol. The topological polar surface area (TPSA) is 72.7 Å². The highest BCUT2D eigenvalue weighted by Crippen LogP contribution is 2.18. The highest BCUT2D eigenvalue weighted by molar-refractivity contribution is 7.97. The lowest BCUT2D eigenvalue weighted by atomic mass is 10.1. The molecule has 1 aromatic heterocycles. The van der Waals surface area contributed by atoms with Gasteiger partial charge < -0.3 is 5.32 Å². The van der Waals surface area contributed by atoms with Gasteiger partial charge >= 0.3 is 0 Å². The molecular weight excluding hydrogens is 322 g/mol. The molecule has 0 unspecified atom stereocenters. The Balaban J connectivity index is 1.60. The van der Waals surface area contributed by atoms with Crippen molar-refractivity contribution in [1.29, 1.82) is 0 Å². The first-order valence-electron chi connectivity index (χ1n) is 7.49. The van der Waals surface area contributed by atoms with Crippen LogP contribution in [-0.4, -0.2) is 33.2 Å². The Hall–Kier alpha value is -2.67. The van der Waals surface area contributed by atoms with Crippen LogP contribution >= 0.6 is 11.8 Å². The number of tetrazole rings is 1. The molecule has 122 valence electrons. The number of para-hydroxylation sites is 1. The molecule has 1 N–H and O–H groups in total. The molecule has 6 nitrogen and oxygen atoms in total. The van der Waals surface area contributed by atoms with Crippen LogP contribution < -0.4 is 5.32 Å². The van der Waals surface area contributed by atoms with Crippen molar-refractivity contribution in [1.82, 2.24) is 25.5 Å². The van der Waals surface area contributed by atoms with Gasteiger partial charge in [-0.1, -0.05) is 30.3 Å². The molecule has 0 bridgehead atoms. The van der Waals surface area contributed by atoms with Crippen LogP contribution in [0.1, 0.15) is 21.7 Å². The van der Waals surface area contributed by atoms with E-state index < -0.39 is 0 Å². The van der Waals surface area contributed by atoms with Crippen molar-refractivity contribution in [2.75, 3.05) is 7.05 Å². The van der Waals surface area contributed by atoms with E-state index >= 15 is 0 Å². The summed E-state index contributed by atoms with van der Waals surface area (Å²) >= 11 is 1.73. The summed E-state index contributed by atoms with van der Waals surface area (Å²) in [6.45, 7) is 0. The van der Waals surface area contributed by atoms with E-state index in [4.69, 9.17) is 0 Å². The Morgan fingerprint density at radius 3 is 2.54 bits per heavy atom. The second-order valence-corrected chi connectivity index (χ2v) is 6.10. The highest BCUT2D eigenvalue weighted by Gasteiger charge is 2.08. The van der Waals surface area contributed by atoms with E-state index in [-0.39, 0.29) is 5.91 Å². The van der Waals surface area contributed by atoms with E-state index in [1.165, 1.54) is 0 Å². The minimum Gasteiger partial charge on any atom is -0.355 e.